The zero-order valence-corrected chi connectivity index (χ0v) is 24.1. The molecule has 0 saturated heterocycles. The van der Waals surface area contributed by atoms with Crippen LogP contribution in [-0.4, -0.2) is 54.4 Å². The van der Waals surface area contributed by atoms with E-state index in [0.717, 1.165) is 12.8 Å². The summed E-state index contributed by atoms with van der Waals surface area (Å²) in [5.41, 5.74) is -0.833. The lowest BCUT2D eigenvalue weighted by Crippen LogP contribution is -2.45. The second-order valence-corrected chi connectivity index (χ2v) is 11.0. The van der Waals surface area contributed by atoms with Crippen molar-refractivity contribution in [2.24, 2.45) is 11.3 Å². The number of rotatable bonds is 8. The van der Waals surface area contributed by atoms with Gasteiger partial charge in [0.15, 0.2) is 0 Å². The van der Waals surface area contributed by atoms with Crippen molar-refractivity contribution in [3.63, 3.8) is 0 Å². The topological polar surface area (TPSA) is 111 Å². The van der Waals surface area contributed by atoms with Crippen molar-refractivity contribution in [1.82, 2.24) is 14.9 Å². The molecule has 12 heteroatoms. The Bertz CT molecular complexity index is 1180. The Morgan fingerprint density at radius 1 is 1.26 bits per heavy atom. The predicted molar refractivity (Wildman–Crippen MR) is 142 cm³/mol. The number of nitrogens with zero attached hydrogens (tertiary/aromatic N) is 2. The zero-order chi connectivity index (χ0) is 29.6. The summed E-state index contributed by atoms with van der Waals surface area (Å²) in [6.07, 6.45) is -0.868. The number of methoxy groups -OCH3 is 1. The van der Waals surface area contributed by atoms with E-state index in [1.807, 2.05) is 11.5 Å². The lowest BCUT2D eigenvalue weighted by molar-refractivity contribution is -0.211. The summed E-state index contributed by atoms with van der Waals surface area (Å²) in [7, 11) is 1.43. The molecule has 1 aliphatic carbocycles. The Hall–Kier alpha value is -2.73. The van der Waals surface area contributed by atoms with Crippen molar-refractivity contribution < 1.29 is 36.2 Å². The summed E-state index contributed by atoms with van der Waals surface area (Å²) >= 11 is -0.750. The lowest BCUT2D eigenvalue weighted by atomic mass is 9.79. The van der Waals surface area contributed by atoms with Crippen LogP contribution in [0.3, 0.4) is 0 Å². The molecule has 3 rings (SSSR count). The molecule has 2 aromatic rings. The summed E-state index contributed by atoms with van der Waals surface area (Å²) < 4.78 is 64.2. The van der Waals surface area contributed by atoms with Crippen LogP contribution in [0.5, 0.6) is 5.75 Å². The van der Waals surface area contributed by atoms with E-state index in [2.05, 4.69) is 17.2 Å². The number of carbonyl (C=O) groups is 1. The van der Waals surface area contributed by atoms with Crippen molar-refractivity contribution in [3.8, 4) is 11.4 Å². The number of hydrogen-bond acceptors (Lipinski definition) is 6. The molecule has 8 nitrogen and oxygen atoms in total. The molecule has 0 atom stereocenters. The molecule has 0 radical (unpaired) electrons. The summed E-state index contributed by atoms with van der Waals surface area (Å²) in [5, 5.41) is 13.7. The van der Waals surface area contributed by atoms with Crippen LogP contribution < -0.4 is 10.1 Å². The standard InChI is InChI=1S/C27H38F3N3O3.O2S/c1-7-22-32-23(24(34)31-16-26(35)12-10-17(2)11-13-26)18(3)33(22)20-9-8-19(21(14-20)36-6)15-25(4,5)27(28,29)30;1-3-2/h8-9,14,17,35H,7,10-13,15-16H2,1-6H3,(H,31,34);. The van der Waals surface area contributed by atoms with E-state index in [1.54, 1.807) is 25.1 Å². The Kier molecular flexibility index (Phi) is 10.9. The van der Waals surface area contributed by atoms with Gasteiger partial charge in [0.05, 0.1) is 29.5 Å². The van der Waals surface area contributed by atoms with Gasteiger partial charge in [-0.05, 0) is 56.6 Å². The third kappa shape index (κ3) is 7.91. The van der Waals surface area contributed by atoms with Gasteiger partial charge in [-0.3, -0.25) is 4.79 Å². The Morgan fingerprint density at radius 2 is 1.85 bits per heavy atom. The molecular weight excluding hydrogens is 535 g/mol. The van der Waals surface area contributed by atoms with Gasteiger partial charge in [-0.1, -0.05) is 33.8 Å². The number of aryl methyl sites for hydroxylation is 1. The minimum atomic E-state index is -4.35. The first-order chi connectivity index (χ1) is 18.1. The molecular formula is C27H38F3N3O5S. The van der Waals surface area contributed by atoms with Gasteiger partial charge in [-0.2, -0.15) is 21.6 Å². The number of hydrogen-bond donors (Lipinski definition) is 2. The van der Waals surface area contributed by atoms with Crippen LogP contribution in [0, 0.1) is 18.3 Å². The first-order valence-corrected chi connectivity index (χ1v) is 13.5. The van der Waals surface area contributed by atoms with Crippen LogP contribution in [0.15, 0.2) is 18.2 Å². The summed E-state index contributed by atoms with van der Waals surface area (Å²) in [6, 6.07) is 5.05. The molecule has 39 heavy (non-hydrogen) atoms. The Balaban J connectivity index is 0.00000170. The number of imidazole rings is 1. The Morgan fingerprint density at radius 3 is 2.36 bits per heavy atom. The van der Waals surface area contributed by atoms with E-state index in [0.29, 0.717) is 53.7 Å². The highest BCUT2D eigenvalue weighted by atomic mass is 32.1. The molecule has 218 valence electrons. The number of benzene rings is 1. The maximum atomic E-state index is 13.4. The molecule has 1 saturated carbocycles. The van der Waals surface area contributed by atoms with Crippen LogP contribution in [0.25, 0.3) is 5.69 Å². The molecule has 1 aliphatic rings. The summed E-state index contributed by atoms with van der Waals surface area (Å²) in [6.45, 7) is 8.38. The smallest absolute Gasteiger partial charge is 0.394 e. The number of halogens is 3. The third-order valence-electron chi connectivity index (χ3n) is 7.42. The van der Waals surface area contributed by atoms with Gasteiger partial charge in [0.1, 0.15) is 17.3 Å². The maximum absolute atomic E-state index is 13.4. The van der Waals surface area contributed by atoms with Crippen molar-refractivity contribution >= 4 is 17.5 Å². The molecule has 0 spiro atoms. The van der Waals surface area contributed by atoms with Crippen molar-refractivity contribution in [1.29, 1.82) is 0 Å². The number of carbonyl (C=O) groups excluding carboxylic acids is 1. The van der Waals surface area contributed by atoms with Crippen LogP contribution in [-0.2, 0) is 24.4 Å². The van der Waals surface area contributed by atoms with Crippen LogP contribution in [0.4, 0.5) is 13.2 Å². The van der Waals surface area contributed by atoms with Gasteiger partial charge in [0.2, 0.25) is 0 Å². The average molecular weight is 574 g/mol. The van der Waals surface area contributed by atoms with E-state index in [-0.39, 0.29) is 24.6 Å². The highest BCUT2D eigenvalue weighted by molar-refractivity contribution is 7.51. The van der Waals surface area contributed by atoms with Gasteiger partial charge >= 0.3 is 17.7 Å². The van der Waals surface area contributed by atoms with Crippen LogP contribution in [0.1, 0.15) is 80.9 Å². The highest BCUT2D eigenvalue weighted by Crippen LogP contribution is 2.42. The fourth-order valence-electron chi connectivity index (χ4n) is 4.75. The molecule has 0 bridgehead atoms. The quantitative estimate of drug-likeness (QED) is 0.466. The van der Waals surface area contributed by atoms with Gasteiger partial charge < -0.3 is 19.7 Å². The van der Waals surface area contributed by atoms with Gasteiger partial charge in [0, 0.05) is 19.0 Å². The number of nitrogens with one attached hydrogen (secondary N) is 1. The Labute approximate surface area is 231 Å². The fourth-order valence-corrected chi connectivity index (χ4v) is 4.75. The van der Waals surface area contributed by atoms with Crippen molar-refractivity contribution in [2.75, 3.05) is 13.7 Å². The monoisotopic (exact) mass is 573 g/mol. The van der Waals surface area contributed by atoms with E-state index in [9.17, 15) is 23.1 Å². The first kappa shape index (κ1) is 32.5. The second kappa shape index (κ2) is 13.1. The van der Waals surface area contributed by atoms with Crippen LogP contribution >= 0.6 is 0 Å². The molecule has 1 heterocycles. The van der Waals surface area contributed by atoms with Crippen molar-refractivity contribution in [3.05, 3.63) is 41.0 Å². The van der Waals surface area contributed by atoms with E-state index >= 15 is 0 Å². The predicted octanol–water partition coefficient (Wildman–Crippen LogP) is 4.88. The van der Waals surface area contributed by atoms with Crippen molar-refractivity contribution in [2.45, 2.75) is 84.9 Å². The molecule has 1 fully saturated rings. The minimum absolute atomic E-state index is 0.170. The number of aromatic nitrogens is 2. The third-order valence-corrected chi connectivity index (χ3v) is 7.42. The van der Waals surface area contributed by atoms with Gasteiger partial charge in [-0.15, -0.1) is 0 Å². The molecule has 0 aliphatic heterocycles. The number of amides is 1. The number of alkyl halides is 3. The average Bonchev–Trinajstić information content (AvgIpc) is 3.20. The molecule has 1 aromatic heterocycles. The molecule has 1 amide bonds. The van der Waals surface area contributed by atoms with Gasteiger partial charge in [-0.25, -0.2) is 4.98 Å². The molecule has 0 unspecified atom stereocenters. The first-order valence-electron chi connectivity index (χ1n) is 12.9. The zero-order valence-electron chi connectivity index (χ0n) is 23.3. The lowest BCUT2D eigenvalue weighted by Gasteiger charge is -2.34. The highest BCUT2D eigenvalue weighted by Gasteiger charge is 2.47. The normalized spacial score (nSPS) is 19.6. The SMILES string of the molecule is CCc1nc(C(=O)NCC2(O)CCC(C)CC2)c(C)n1-c1ccc(CC(C)(C)C(F)(F)F)c(OC)c1.O=S=O. The van der Waals surface area contributed by atoms with E-state index < -0.39 is 28.8 Å². The molecule has 2 N–H and O–H groups in total. The van der Waals surface area contributed by atoms with Crippen LogP contribution in [0.2, 0.25) is 0 Å². The second-order valence-electron chi connectivity index (χ2n) is 10.9. The minimum Gasteiger partial charge on any atom is -0.496 e. The van der Waals surface area contributed by atoms with E-state index in [4.69, 9.17) is 13.2 Å². The number of aliphatic hydroxyl groups is 1. The summed E-state index contributed by atoms with van der Waals surface area (Å²) in [5.74, 6) is 1.21. The largest absolute Gasteiger partial charge is 0.496 e. The number of ether oxygens (including phenoxy) is 1. The fraction of sp³-hybridized carbons (Fsp3) is 0.630. The summed E-state index contributed by atoms with van der Waals surface area (Å²) in [4.78, 5) is 17.6. The van der Waals surface area contributed by atoms with Gasteiger partial charge in [0.25, 0.3) is 5.91 Å². The molecule has 1 aromatic carbocycles. The maximum Gasteiger partial charge on any atom is 0.394 e. The van der Waals surface area contributed by atoms with E-state index in [1.165, 1.54) is 21.0 Å².